The number of aryl methyl sites for hydroxylation is 3. The van der Waals surface area contributed by atoms with Crippen LogP contribution in [0.4, 0.5) is 33.5 Å². The summed E-state index contributed by atoms with van der Waals surface area (Å²) in [6.45, 7) is 17.7. The average molecular weight is 1440 g/mol. The van der Waals surface area contributed by atoms with E-state index in [0.29, 0.717) is 54.5 Å². The molecule has 0 radical (unpaired) electrons. The number of anilines is 5. The van der Waals surface area contributed by atoms with E-state index in [0.717, 1.165) is 149 Å². The minimum atomic E-state index is -1.26. The van der Waals surface area contributed by atoms with E-state index >= 15 is 0 Å². The Labute approximate surface area is 607 Å². The molecule has 16 rings (SSSR count). The number of ketones is 1. The van der Waals surface area contributed by atoms with Crippen molar-refractivity contribution in [2.75, 3.05) is 131 Å². The lowest BCUT2D eigenvalue weighted by atomic mass is 10.1. The monoisotopic (exact) mass is 1440 g/mol. The fourth-order valence-corrected chi connectivity index (χ4v) is 11.1. The lowest BCUT2D eigenvalue weighted by Crippen LogP contribution is -2.36. The number of nitrogens with zero attached hydrogens (tertiary/aromatic N) is 19. The van der Waals surface area contributed by atoms with E-state index in [1.54, 1.807) is 42.9 Å². The number of carboxylic acid groups (broad SMARTS) is 1. The molecule has 4 aliphatic heterocycles. The lowest BCUT2D eigenvalue weighted by Gasteiger charge is -2.28. The van der Waals surface area contributed by atoms with Crippen LogP contribution in [0.3, 0.4) is 0 Å². The van der Waals surface area contributed by atoms with Crippen molar-refractivity contribution in [3.8, 4) is 57.8 Å². The van der Waals surface area contributed by atoms with Gasteiger partial charge in [0.05, 0.1) is 70.9 Å². The summed E-state index contributed by atoms with van der Waals surface area (Å²) in [7, 11) is 0. The van der Waals surface area contributed by atoms with Crippen LogP contribution in [0.2, 0.25) is 0 Å². The molecule has 0 atom stereocenters. The summed E-state index contributed by atoms with van der Waals surface area (Å²) >= 11 is 0. The summed E-state index contributed by atoms with van der Waals surface area (Å²) in [6, 6.07) is 32.5. The van der Waals surface area contributed by atoms with E-state index in [4.69, 9.17) is 65.5 Å². The third kappa shape index (κ3) is 19.8. The zero-order chi connectivity index (χ0) is 74.2. The minimum absolute atomic E-state index is 0.0295. The number of carbonyl (C=O) groups is 2. The number of nitrogens with two attached hydrogens (primary N) is 3. The zero-order valence-corrected chi connectivity index (χ0v) is 58.1. The van der Waals surface area contributed by atoms with Gasteiger partial charge < -0.3 is 78.9 Å². The Morgan fingerprint density at radius 2 is 0.972 bits per heavy atom. The highest BCUT2D eigenvalue weighted by molar-refractivity contribution is 5.99. The van der Waals surface area contributed by atoms with Crippen molar-refractivity contribution in [2.45, 2.75) is 33.2 Å². The van der Waals surface area contributed by atoms with Crippen molar-refractivity contribution in [1.82, 2.24) is 73.9 Å². The van der Waals surface area contributed by atoms with Gasteiger partial charge in [-0.05, 0) is 93.1 Å². The number of carboxylic acids is 1. The molecule has 0 amide bonds. The molecule has 106 heavy (non-hydrogen) atoms. The summed E-state index contributed by atoms with van der Waals surface area (Å²) in [5.41, 5.74) is 25.9. The highest BCUT2D eigenvalue weighted by atomic mass is 19.1. The Bertz CT molecular complexity index is 4970. The van der Waals surface area contributed by atoms with E-state index in [1.165, 1.54) is 43.1 Å². The number of carbonyl (C=O) groups excluding carboxylic acids is 1. The van der Waals surface area contributed by atoms with Gasteiger partial charge in [-0.25, -0.2) is 64.6 Å². The molecular weight excluding hydrogens is 1360 g/mol. The standard InChI is InChI=1S/C27H26N8O3.C16H12N6O3.C10H15N3O.C10H11N3O.C6H3FN2.C4H9NO/c1-17-15-30-21-8-5-18(16-35(17)21)23-25(27-29-9-12-38-27)33-26(28)24(32-23)20(36)7-6-19-3-2-4-22(31-19)34-10-13-37-14-11-34;1-8-6-19-10-3-2-9(7-22(8)10)11-12(15-18-4-5-25-15)21-14(17)13(20-11)16(23)24;2*11-8-9-2-1-3-10(12-9)13-4-6-14-7-5-13;7-6-3-1-2-5(4-8)9-6;1-3-6-4-2-5-1/h2-5,8-9,12,15-16H,6-7,10-11,13-14H2,1H3,(H2,28,33);2-7H,1H3,(H2,17,21)(H,23,24);1-3H,4-8,11H2;1-3H,4-7H2;1-3H;5H,1-4H2. The average Bonchev–Trinajstić information content (AvgIpc) is 1.39. The van der Waals surface area contributed by atoms with Gasteiger partial charge in [0.2, 0.25) is 17.7 Å². The number of rotatable bonds is 13. The summed E-state index contributed by atoms with van der Waals surface area (Å²) in [4.78, 5) is 82.5. The first-order chi connectivity index (χ1) is 51.7. The molecule has 32 nitrogen and oxygen atoms in total. The predicted molar refractivity (Wildman–Crippen MR) is 388 cm³/mol. The van der Waals surface area contributed by atoms with Gasteiger partial charge in [0.1, 0.15) is 81.9 Å². The molecule has 8 N–H and O–H groups in total. The molecule has 0 bridgehead atoms. The van der Waals surface area contributed by atoms with E-state index < -0.39 is 11.9 Å². The Hall–Kier alpha value is -12.6. The van der Waals surface area contributed by atoms with Crippen LogP contribution < -0.4 is 37.2 Å². The number of oxazole rings is 2. The zero-order valence-electron chi connectivity index (χ0n) is 58.1. The van der Waals surface area contributed by atoms with Gasteiger partial charge in [-0.2, -0.15) is 14.9 Å². The molecule has 12 aromatic heterocycles. The van der Waals surface area contributed by atoms with Crippen LogP contribution in [0.5, 0.6) is 0 Å². The summed E-state index contributed by atoms with van der Waals surface area (Å²) in [5.74, 6) is 0.973. The predicted octanol–water partition coefficient (Wildman–Crippen LogP) is 7.28. The van der Waals surface area contributed by atoms with E-state index in [2.05, 4.69) is 69.9 Å². The number of hydrogen-bond acceptors (Lipinski definition) is 29. The quantitative estimate of drug-likeness (QED) is 0.0558. The fourth-order valence-electron chi connectivity index (χ4n) is 11.1. The minimum Gasteiger partial charge on any atom is -0.476 e. The first-order valence-electron chi connectivity index (χ1n) is 33.8. The van der Waals surface area contributed by atoms with Crippen molar-refractivity contribution < 1.29 is 46.9 Å². The molecule has 0 spiro atoms. The topological polar surface area (TPSA) is 428 Å². The molecular formula is C73H76FN23O9. The summed E-state index contributed by atoms with van der Waals surface area (Å²) in [5, 5.41) is 29.4. The Morgan fingerprint density at radius 1 is 0.528 bits per heavy atom. The number of halogens is 1. The van der Waals surface area contributed by atoms with Gasteiger partial charge in [-0.15, -0.1) is 0 Å². The van der Waals surface area contributed by atoms with E-state index in [-0.39, 0.29) is 58.4 Å². The number of imidazole rings is 2. The second kappa shape index (κ2) is 37.0. The van der Waals surface area contributed by atoms with E-state index in [1.807, 2.05) is 95.6 Å². The maximum atomic E-state index is 13.3. The summed E-state index contributed by atoms with van der Waals surface area (Å²) in [6.07, 6.45) is 13.7. The van der Waals surface area contributed by atoms with Crippen LogP contribution in [0.25, 0.3) is 57.0 Å². The molecule has 16 heterocycles. The molecule has 0 saturated carbocycles. The largest absolute Gasteiger partial charge is 0.476 e. The molecule has 33 heteroatoms. The summed E-state index contributed by atoms with van der Waals surface area (Å²) < 4.78 is 47.7. The first kappa shape index (κ1) is 74.6. The van der Waals surface area contributed by atoms with Crippen LogP contribution >= 0.6 is 0 Å². The van der Waals surface area contributed by atoms with Crippen molar-refractivity contribution in [2.24, 2.45) is 5.73 Å². The maximum absolute atomic E-state index is 13.3. The number of nitrogens with one attached hydrogen (secondary N) is 1. The molecule has 4 fully saturated rings. The molecule has 12 aromatic rings. The number of nitrogen functional groups attached to an aromatic ring is 2. The normalized spacial score (nSPS) is 14.0. The van der Waals surface area contributed by atoms with Gasteiger partial charge in [-0.1, -0.05) is 24.3 Å². The number of ether oxygens (including phenoxy) is 4. The van der Waals surface area contributed by atoms with Crippen LogP contribution in [0.15, 0.2) is 156 Å². The second-order valence-electron chi connectivity index (χ2n) is 23.6. The number of pyridine rings is 6. The molecule has 4 saturated heterocycles. The first-order valence-corrected chi connectivity index (χ1v) is 33.8. The highest BCUT2D eigenvalue weighted by Crippen LogP contribution is 2.33. The molecule has 0 aliphatic carbocycles. The number of fused-ring (bicyclic) bond motifs is 2. The van der Waals surface area contributed by atoms with Gasteiger partial charge in [0.15, 0.2) is 34.5 Å². The maximum Gasteiger partial charge on any atom is 0.358 e. The number of aromatic nitrogens is 14. The van der Waals surface area contributed by atoms with Gasteiger partial charge in [0.25, 0.3) is 0 Å². The lowest BCUT2D eigenvalue weighted by molar-refractivity contribution is 0.0691. The molecule has 0 aromatic carbocycles. The number of morpholine rings is 4. The Kier molecular flexibility index (Phi) is 26.0. The van der Waals surface area contributed by atoms with Crippen LogP contribution in [0, 0.1) is 42.5 Å². The number of Topliss-reactive ketones (excluding diaryl/α,β-unsaturated/α-hetero) is 1. The molecule has 544 valence electrons. The van der Waals surface area contributed by atoms with Gasteiger partial charge in [0, 0.05) is 118 Å². The van der Waals surface area contributed by atoms with Gasteiger partial charge in [-0.3, -0.25) is 4.79 Å². The van der Waals surface area contributed by atoms with E-state index in [9.17, 15) is 19.1 Å². The highest BCUT2D eigenvalue weighted by Gasteiger charge is 2.25. The van der Waals surface area contributed by atoms with Crippen molar-refractivity contribution in [3.05, 3.63) is 198 Å². The van der Waals surface area contributed by atoms with Gasteiger partial charge >= 0.3 is 5.97 Å². The van der Waals surface area contributed by atoms with Crippen molar-refractivity contribution in [1.29, 1.82) is 10.5 Å². The SMILES string of the molecule is C1COCCN1.Cc1cnc2ccc(-c3nc(C(=O)CCc4cccc(N5CCOCC5)n4)c(N)nc3-c3ncco3)cn12.Cc1cnc2ccc(-c3nc(C(=O)O)c(N)nc3-c3ncco3)cn12.N#Cc1cccc(F)n1.N#Cc1cccc(N2CCOCC2)n1.NCc1cccc(N2CCOCC2)n1. The fraction of sp³-hybridized carbons (Fsp3) is 0.288. The second-order valence-corrected chi connectivity index (χ2v) is 23.6. The number of hydrogen-bond donors (Lipinski definition) is 5. The molecule has 4 aliphatic rings. The smallest absolute Gasteiger partial charge is 0.358 e. The Morgan fingerprint density at radius 3 is 1.41 bits per heavy atom. The molecule has 0 unspecified atom stereocenters. The third-order valence-corrected chi connectivity index (χ3v) is 16.4. The third-order valence-electron chi connectivity index (χ3n) is 16.4. The number of aromatic carboxylic acids is 1. The van der Waals surface area contributed by atoms with Crippen LogP contribution in [-0.2, 0) is 31.9 Å². The Balaban J connectivity index is 0.000000141. The van der Waals surface area contributed by atoms with Crippen molar-refractivity contribution >= 4 is 52.1 Å². The van der Waals surface area contributed by atoms with Crippen LogP contribution in [0.1, 0.15) is 61.6 Å². The van der Waals surface area contributed by atoms with Crippen LogP contribution in [-0.4, -0.2) is 191 Å². The number of nitriles is 2. The van der Waals surface area contributed by atoms with Crippen molar-refractivity contribution in [3.63, 3.8) is 0 Å².